The van der Waals surface area contributed by atoms with Crippen molar-refractivity contribution in [1.29, 1.82) is 0 Å². The summed E-state index contributed by atoms with van der Waals surface area (Å²) in [6, 6.07) is 8.37. The van der Waals surface area contributed by atoms with Crippen LogP contribution >= 0.6 is 11.3 Å². The smallest absolute Gasteiger partial charge is 0.151 e. The molecule has 1 aromatic heterocycles. The highest BCUT2D eigenvalue weighted by Crippen LogP contribution is 2.25. The van der Waals surface area contributed by atoms with Crippen LogP contribution in [-0.4, -0.2) is 26.5 Å². The first-order valence-electron chi connectivity index (χ1n) is 6.00. The molecular weight excluding hydrogens is 266 g/mol. The van der Waals surface area contributed by atoms with Crippen LogP contribution < -0.4 is 5.32 Å². The highest BCUT2D eigenvalue weighted by molar-refractivity contribution is 7.92. The van der Waals surface area contributed by atoms with Crippen LogP contribution in [0.15, 0.2) is 29.6 Å². The van der Waals surface area contributed by atoms with Crippen molar-refractivity contribution < 1.29 is 8.42 Å². The molecule has 3 nitrogen and oxygen atoms in total. The van der Waals surface area contributed by atoms with E-state index in [1.54, 1.807) is 11.3 Å². The molecule has 1 saturated heterocycles. The minimum Gasteiger partial charge on any atom is -0.312 e. The van der Waals surface area contributed by atoms with Gasteiger partial charge in [0.1, 0.15) is 0 Å². The zero-order chi connectivity index (χ0) is 12.6. The molecule has 2 aromatic rings. The van der Waals surface area contributed by atoms with Gasteiger partial charge in [0, 0.05) is 17.8 Å². The Labute approximate surface area is 111 Å². The van der Waals surface area contributed by atoms with Gasteiger partial charge in [-0.3, -0.25) is 0 Å². The van der Waals surface area contributed by atoms with Gasteiger partial charge in [-0.15, -0.1) is 11.3 Å². The van der Waals surface area contributed by atoms with Gasteiger partial charge in [0.2, 0.25) is 0 Å². The van der Waals surface area contributed by atoms with Crippen LogP contribution in [0.3, 0.4) is 0 Å². The lowest BCUT2D eigenvalue weighted by Gasteiger charge is -2.25. The van der Waals surface area contributed by atoms with Crippen molar-refractivity contribution in [3.8, 4) is 0 Å². The molecule has 2 heterocycles. The van der Waals surface area contributed by atoms with Crippen molar-refractivity contribution >= 4 is 31.3 Å². The third-order valence-electron chi connectivity index (χ3n) is 3.29. The van der Waals surface area contributed by atoms with E-state index in [2.05, 4.69) is 35.0 Å². The third-order valence-corrected chi connectivity index (χ3v) is 6.26. The molecule has 0 aliphatic carbocycles. The zero-order valence-electron chi connectivity index (χ0n) is 9.93. The van der Waals surface area contributed by atoms with Gasteiger partial charge in [-0.1, -0.05) is 18.2 Å². The second kappa shape index (κ2) is 4.64. The first-order valence-corrected chi connectivity index (χ1v) is 8.70. The number of sulfone groups is 1. The van der Waals surface area contributed by atoms with E-state index in [1.165, 1.54) is 15.6 Å². The van der Waals surface area contributed by atoms with E-state index in [0.717, 1.165) is 13.1 Å². The van der Waals surface area contributed by atoms with Gasteiger partial charge in [-0.2, -0.15) is 0 Å². The Morgan fingerprint density at radius 2 is 2.06 bits per heavy atom. The van der Waals surface area contributed by atoms with Gasteiger partial charge in [-0.05, 0) is 28.3 Å². The van der Waals surface area contributed by atoms with Crippen molar-refractivity contribution in [2.24, 2.45) is 5.92 Å². The summed E-state index contributed by atoms with van der Waals surface area (Å²) in [4.78, 5) is 0. The van der Waals surface area contributed by atoms with E-state index in [9.17, 15) is 8.42 Å². The molecule has 1 N–H and O–H groups in total. The molecule has 0 unspecified atom stereocenters. The Kier molecular flexibility index (Phi) is 3.13. The largest absolute Gasteiger partial charge is 0.312 e. The fraction of sp³-hybridized carbons (Fsp3) is 0.385. The summed E-state index contributed by atoms with van der Waals surface area (Å²) in [6.45, 7) is 1.62. The maximum atomic E-state index is 11.0. The molecule has 1 fully saturated rings. The van der Waals surface area contributed by atoms with Crippen molar-refractivity contribution in [3.63, 3.8) is 0 Å². The monoisotopic (exact) mass is 281 g/mol. The van der Waals surface area contributed by atoms with Crippen LogP contribution in [0.2, 0.25) is 0 Å². The van der Waals surface area contributed by atoms with Gasteiger partial charge in [0.15, 0.2) is 9.84 Å². The highest BCUT2D eigenvalue weighted by atomic mass is 32.2. The van der Waals surface area contributed by atoms with Crippen molar-refractivity contribution in [2.75, 3.05) is 18.1 Å². The van der Waals surface area contributed by atoms with Gasteiger partial charge >= 0.3 is 0 Å². The predicted molar refractivity (Wildman–Crippen MR) is 75.7 cm³/mol. The average molecular weight is 281 g/mol. The average Bonchev–Trinajstić information content (AvgIpc) is 2.70. The van der Waals surface area contributed by atoms with Crippen LogP contribution in [0.5, 0.6) is 0 Å². The molecular formula is C13H15NO2S2. The van der Waals surface area contributed by atoms with Crippen molar-refractivity contribution in [2.45, 2.75) is 6.54 Å². The second-order valence-corrected chi connectivity index (χ2v) is 7.90. The summed E-state index contributed by atoms with van der Waals surface area (Å²) < 4.78 is 23.4. The molecule has 1 aliphatic heterocycles. The second-order valence-electron chi connectivity index (χ2n) is 4.83. The minimum absolute atomic E-state index is 0.305. The SMILES string of the molecule is O=S1(=O)CC(CNCc2csc3ccccc23)C1. The van der Waals surface area contributed by atoms with Crippen molar-refractivity contribution in [1.82, 2.24) is 5.32 Å². The molecule has 0 amide bonds. The summed E-state index contributed by atoms with van der Waals surface area (Å²) in [5.41, 5.74) is 1.30. The van der Waals surface area contributed by atoms with E-state index < -0.39 is 9.84 Å². The van der Waals surface area contributed by atoms with Gasteiger partial charge in [0.25, 0.3) is 0 Å². The summed E-state index contributed by atoms with van der Waals surface area (Å²) in [5, 5.41) is 6.84. The summed E-state index contributed by atoms with van der Waals surface area (Å²) in [6.07, 6.45) is 0. The number of rotatable bonds is 4. The Morgan fingerprint density at radius 1 is 1.28 bits per heavy atom. The minimum atomic E-state index is -2.69. The molecule has 1 aromatic carbocycles. The van der Waals surface area contributed by atoms with Crippen LogP contribution in [0, 0.1) is 5.92 Å². The van der Waals surface area contributed by atoms with E-state index in [-0.39, 0.29) is 0 Å². The number of hydrogen-bond acceptors (Lipinski definition) is 4. The van der Waals surface area contributed by atoms with E-state index >= 15 is 0 Å². The zero-order valence-corrected chi connectivity index (χ0v) is 11.6. The third kappa shape index (κ3) is 2.43. The van der Waals surface area contributed by atoms with E-state index in [0.29, 0.717) is 17.4 Å². The molecule has 0 saturated carbocycles. The first-order chi connectivity index (χ1) is 8.64. The van der Waals surface area contributed by atoms with Crippen molar-refractivity contribution in [3.05, 3.63) is 35.2 Å². The molecule has 0 spiro atoms. The normalized spacial score (nSPS) is 18.9. The highest BCUT2D eigenvalue weighted by Gasteiger charge is 2.32. The number of fused-ring (bicyclic) bond motifs is 1. The molecule has 1 aliphatic rings. The van der Waals surface area contributed by atoms with Crippen LogP contribution in [0.25, 0.3) is 10.1 Å². The first kappa shape index (κ1) is 12.1. The molecule has 5 heteroatoms. The van der Waals surface area contributed by atoms with Crippen LogP contribution in [0.4, 0.5) is 0 Å². The Bertz CT molecular complexity index is 648. The lowest BCUT2D eigenvalue weighted by Crippen LogP contribution is -2.42. The number of thiophene rings is 1. The maximum absolute atomic E-state index is 11.0. The standard InChI is InChI=1S/C13H15NO2S2/c15-18(16)8-10(9-18)5-14-6-11-7-17-13-4-2-1-3-12(11)13/h1-4,7,10,14H,5-6,8-9H2. The molecule has 3 rings (SSSR count). The summed E-state index contributed by atoms with van der Waals surface area (Å²) in [7, 11) is -2.69. The van der Waals surface area contributed by atoms with Crippen LogP contribution in [-0.2, 0) is 16.4 Å². The Balaban J connectivity index is 1.57. The molecule has 96 valence electrons. The fourth-order valence-electron chi connectivity index (χ4n) is 2.37. The molecule has 0 atom stereocenters. The number of hydrogen-bond donors (Lipinski definition) is 1. The quantitative estimate of drug-likeness (QED) is 0.933. The van der Waals surface area contributed by atoms with E-state index in [1.807, 2.05) is 0 Å². The lowest BCUT2D eigenvalue weighted by molar-refractivity contribution is 0.490. The number of benzene rings is 1. The summed E-state index contributed by atoms with van der Waals surface area (Å²) >= 11 is 1.76. The summed E-state index contributed by atoms with van der Waals surface area (Å²) in [5.74, 6) is 1.01. The number of nitrogens with one attached hydrogen (secondary N) is 1. The van der Waals surface area contributed by atoms with Gasteiger partial charge in [-0.25, -0.2) is 8.42 Å². The Morgan fingerprint density at radius 3 is 2.83 bits per heavy atom. The van der Waals surface area contributed by atoms with E-state index in [4.69, 9.17) is 0 Å². The predicted octanol–water partition coefficient (Wildman–Crippen LogP) is 2.04. The lowest BCUT2D eigenvalue weighted by atomic mass is 10.1. The maximum Gasteiger partial charge on any atom is 0.151 e. The van der Waals surface area contributed by atoms with Gasteiger partial charge < -0.3 is 5.32 Å². The van der Waals surface area contributed by atoms with Gasteiger partial charge in [0.05, 0.1) is 11.5 Å². The van der Waals surface area contributed by atoms with Crippen LogP contribution in [0.1, 0.15) is 5.56 Å². The molecule has 0 bridgehead atoms. The fourth-order valence-corrected chi connectivity index (χ4v) is 4.91. The topological polar surface area (TPSA) is 46.2 Å². The molecule has 18 heavy (non-hydrogen) atoms. The Hall–Kier alpha value is -0.910. The molecule has 0 radical (unpaired) electrons.